The van der Waals surface area contributed by atoms with Crippen LogP contribution in [-0.2, 0) is 4.57 Å². The maximum absolute atomic E-state index is 14.8. The van der Waals surface area contributed by atoms with Crippen molar-refractivity contribution in [3.05, 3.63) is 91.0 Å². The van der Waals surface area contributed by atoms with Gasteiger partial charge in [0.25, 0.3) is 0 Å². The molecule has 4 N–H and O–H groups in total. The number of phenols is 4. The van der Waals surface area contributed by atoms with Crippen molar-refractivity contribution in [2.45, 2.75) is 0 Å². The first-order valence-electron chi connectivity index (χ1n) is 9.21. The van der Waals surface area contributed by atoms with Crippen LogP contribution in [0.2, 0.25) is 0 Å². The third-order valence-corrected chi connectivity index (χ3v) is 8.07. The Morgan fingerprint density at radius 1 is 0.533 bits per heavy atom. The Balaban J connectivity index is 2.13. The minimum Gasteiger partial charge on any atom is -0.508 e. The highest BCUT2D eigenvalue weighted by molar-refractivity contribution is 7.86. The van der Waals surface area contributed by atoms with E-state index in [0.717, 1.165) is 5.56 Å². The van der Waals surface area contributed by atoms with E-state index >= 15 is 0 Å². The summed E-state index contributed by atoms with van der Waals surface area (Å²) in [6.07, 6.45) is 0. The van der Waals surface area contributed by atoms with Crippen LogP contribution in [0.25, 0.3) is 11.1 Å². The Morgan fingerprint density at radius 3 is 1.60 bits per heavy atom. The fraction of sp³-hybridized carbons (Fsp3) is 0. The molecular weight excluding hydrogens is 399 g/mol. The summed E-state index contributed by atoms with van der Waals surface area (Å²) in [7, 11) is -3.93. The van der Waals surface area contributed by atoms with Gasteiger partial charge in [-0.2, -0.15) is 0 Å². The van der Waals surface area contributed by atoms with Crippen LogP contribution in [0.5, 0.6) is 23.0 Å². The van der Waals surface area contributed by atoms with E-state index in [4.69, 9.17) is 0 Å². The van der Waals surface area contributed by atoms with Gasteiger partial charge < -0.3 is 25.0 Å². The maximum atomic E-state index is 14.8. The van der Waals surface area contributed by atoms with Crippen molar-refractivity contribution in [3.63, 3.8) is 0 Å². The third kappa shape index (κ3) is 3.30. The van der Waals surface area contributed by atoms with Crippen molar-refractivity contribution in [1.82, 2.24) is 0 Å². The first-order chi connectivity index (χ1) is 14.4. The molecular formula is C24H19O5P. The van der Waals surface area contributed by atoms with E-state index in [9.17, 15) is 25.0 Å². The molecule has 0 heterocycles. The summed E-state index contributed by atoms with van der Waals surface area (Å²) in [6.45, 7) is 0. The van der Waals surface area contributed by atoms with Gasteiger partial charge in [0.05, 0.1) is 10.6 Å². The number of hydrogen-bond acceptors (Lipinski definition) is 5. The van der Waals surface area contributed by atoms with Crippen LogP contribution >= 0.6 is 7.14 Å². The van der Waals surface area contributed by atoms with E-state index < -0.39 is 7.14 Å². The zero-order chi connectivity index (χ0) is 21.3. The summed E-state index contributed by atoms with van der Waals surface area (Å²) in [5.74, 6) is -0.941. The zero-order valence-corrected chi connectivity index (χ0v) is 16.7. The standard InChI is InChI=1S/C24H19O5P/c25-17-10-12-20(27)23(14-17)30(29,24-15-18(26)11-13-21(24)28)22-9-5-4-8-19(22)16-6-2-1-3-7-16/h1-15,25-28H. The van der Waals surface area contributed by atoms with Crippen LogP contribution in [0.4, 0.5) is 0 Å². The van der Waals surface area contributed by atoms with Crippen molar-refractivity contribution in [2.24, 2.45) is 0 Å². The van der Waals surface area contributed by atoms with Gasteiger partial charge in [0.15, 0.2) is 7.14 Å². The van der Waals surface area contributed by atoms with Crippen LogP contribution < -0.4 is 15.9 Å². The van der Waals surface area contributed by atoms with Crippen LogP contribution in [0.3, 0.4) is 0 Å². The monoisotopic (exact) mass is 418 g/mol. The van der Waals surface area contributed by atoms with Gasteiger partial charge in [0.2, 0.25) is 0 Å². The smallest absolute Gasteiger partial charge is 0.179 e. The largest absolute Gasteiger partial charge is 0.508 e. The van der Waals surface area contributed by atoms with E-state index in [2.05, 4.69) is 0 Å². The first kappa shape index (κ1) is 19.6. The number of aromatic hydroxyl groups is 4. The van der Waals surface area contributed by atoms with E-state index in [1.54, 1.807) is 24.3 Å². The van der Waals surface area contributed by atoms with Crippen LogP contribution in [-0.4, -0.2) is 20.4 Å². The molecule has 30 heavy (non-hydrogen) atoms. The summed E-state index contributed by atoms with van der Waals surface area (Å²) in [6, 6.07) is 23.8. The van der Waals surface area contributed by atoms with Gasteiger partial charge in [-0.25, -0.2) is 0 Å². The molecule has 5 nitrogen and oxygen atoms in total. The highest BCUT2D eigenvalue weighted by Crippen LogP contribution is 2.50. The molecule has 0 unspecified atom stereocenters. The van der Waals surface area contributed by atoms with Gasteiger partial charge in [-0.15, -0.1) is 0 Å². The lowest BCUT2D eigenvalue weighted by Crippen LogP contribution is -2.27. The lowest BCUT2D eigenvalue weighted by atomic mass is 10.1. The molecule has 0 radical (unpaired) electrons. The maximum Gasteiger partial charge on any atom is 0.179 e. The predicted molar refractivity (Wildman–Crippen MR) is 118 cm³/mol. The van der Waals surface area contributed by atoms with Gasteiger partial charge >= 0.3 is 0 Å². The molecule has 0 bridgehead atoms. The molecule has 0 amide bonds. The van der Waals surface area contributed by atoms with Gasteiger partial charge in [0.1, 0.15) is 23.0 Å². The highest BCUT2D eigenvalue weighted by Gasteiger charge is 2.37. The molecule has 0 aliphatic heterocycles. The van der Waals surface area contributed by atoms with Crippen molar-refractivity contribution < 1.29 is 25.0 Å². The molecule has 150 valence electrons. The minimum absolute atomic E-state index is 0.0354. The number of phenolic OH excluding ortho intramolecular Hbond substituents is 4. The predicted octanol–water partition coefficient (Wildman–Crippen LogP) is 3.82. The van der Waals surface area contributed by atoms with Gasteiger partial charge in [-0.3, -0.25) is 0 Å². The van der Waals surface area contributed by atoms with Crippen LogP contribution in [0.15, 0.2) is 91.0 Å². The average Bonchev–Trinajstić information content (AvgIpc) is 2.77. The van der Waals surface area contributed by atoms with Crippen LogP contribution in [0, 0.1) is 0 Å². The van der Waals surface area contributed by atoms with Crippen molar-refractivity contribution in [3.8, 4) is 34.1 Å². The highest BCUT2D eigenvalue weighted by atomic mass is 31.2. The second kappa shape index (κ2) is 7.62. The molecule has 0 fully saturated rings. The number of benzene rings is 4. The summed E-state index contributed by atoms with van der Waals surface area (Å²) in [5, 5.41) is 41.6. The Bertz CT molecular complexity index is 1210. The Kier molecular flexibility index (Phi) is 4.98. The van der Waals surface area contributed by atoms with Gasteiger partial charge in [-0.1, -0.05) is 54.6 Å². The normalized spacial score (nSPS) is 11.3. The second-order valence-corrected chi connectivity index (χ2v) is 9.50. The third-order valence-electron chi connectivity index (χ3n) is 4.92. The SMILES string of the molecule is O=P(c1cc(O)ccc1O)(c1cc(O)ccc1O)c1ccccc1-c1ccccc1. The second-order valence-electron chi connectivity index (χ2n) is 6.84. The quantitative estimate of drug-likeness (QED) is 0.298. The zero-order valence-electron chi connectivity index (χ0n) is 15.8. The van der Waals surface area contributed by atoms with Crippen molar-refractivity contribution in [2.75, 3.05) is 0 Å². The fourth-order valence-corrected chi connectivity index (χ4v) is 6.57. The first-order valence-corrected chi connectivity index (χ1v) is 10.9. The van der Waals surface area contributed by atoms with Crippen molar-refractivity contribution in [1.29, 1.82) is 0 Å². The average molecular weight is 418 g/mol. The summed E-state index contributed by atoms with van der Waals surface area (Å²) in [4.78, 5) is 0. The lowest BCUT2D eigenvalue weighted by Gasteiger charge is -2.24. The van der Waals surface area contributed by atoms with Gasteiger partial charge in [0, 0.05) is 5.30 Å². The van der Waals surface area contributed by atoms with E-state index in [1.165, 1.54) is 36.4 Å². The molecule has 4 aromatic carbocycles. The molecule has 0 aliphatic carbocycles. The molecule has 0 saturated carbocycles. The molecule has 0 aromatic heterocycles. The van der Waals surface area contributed by atoms with E-state index in [-0.39, 0.29) is 33.6 Å². The fourth-order valence-electron chi connectivity index (χ4n) is 3.53. The summed E-state index contributed by atoms with van der Waals surface area (Å²) < 4.78 is 14.8. The van der Waals surface area contributed by atoms with Crippen LogP contribution in [0.1, 0.15) is 0 Å². The lowest BCUT2D eigenvalue weighted by molar-refractivity contribution is 0.461. The molecule has 6 heteroatoms. The Hall–Kier alpha value is -3.69. The molecule has 0 atom stereocenters. The summed E-state index contributed by atoms with van der Waals surface area (Å²) in [5.41, 5.74) is 1.44. The van der Waals surface area contributed by atoms with E-state index in [1.807, 2.05) is 30.3 Å². The topological polar surface area (TPSA) is 98.0 Å². The molecule has 0 spiro atoms. The molecule has 0 aliphatic rings. The molecule has 4 rings (SSSR count). The van der Waals surface area contributed by atoms with Crippen molar-refractivity contribution >= 4 is 23.1 Å². The van der Waals surface area contributed by atoms with E-state index in [0.29, 0.717) is 10.9 Å². The molecule has 4 aromatic rings. The Labute approximate surface area is 173 Å². The minimum atomic E-state index is -3.93. The number of rotatable bonds is 4. The Morgan fingerprint density at radius 2 is 1.03 bits per heavy atom. The summed E-state index contributed by atoms with van der Waals surface area (Å²) >= 11 is 0. The van der Waals surface area contributed by atoms with Gasteiger partial charge in [-0.05, 0) is 47.5 Å². The molecule has 0 saturated heterocycles. The number of hydrogen-bond donors (Lipinski definition) is 4.